The minimum atomic E-state index is -0.970. The van der Waals surface area contributed by atoms with Gasteiger partial charge in [-0.3, -0.25) is 4.98 Å². The Bertz CT molecular complexity index is 670. The highest BCUT2D eigenvalue weighted by molar-refractivity contribution is 6.11. The van der Waals surface area contributed by atoms with E-state index in [0.717, 1.165) is 12.1 Å². The van der Waals surface area contributed by atoms with E-state index in [-0.39, 0.29) is 5.71 Å². The molecule has 2 rings (SSSR count). The number of rotatable bonds is 5. The molecule has 1 aromatic carbocycles. The van der Waals surface area contributed by atoms with Crippen LogP contribution >= 0.6 is 0 Å². The molecule has 1 heterocycles. The summed E-state index contributed by atoms with van der Waals surface area (Å²) in [6.07, 6.45) is 0.860. The summed E-state index contributed by atoms with van der Waals surface area (Å²) in [5.74, 6) is -1.90. The SMILES string of the molecule is CCO/N=C(\c1ccc(F)c(F)c1)c1ccc(C(C)O)cn1. The zero-order chi connectivity index (χ0) is 16.1. The van der Waals surface area contributed by atoms with Crippen LogP contribution in [0.1, 0.15) is 36.8 Å². The van der Waals surface area contributed by atoms with Crippen molar-refractivity contribution in [2.45, 2.75) is 20.0 Å². The van der Waals surface area contributed by atoms with Crippen LogP contribution in [-0.2, 0) is 4.84 Å². The summed E-state index contributed by atoms with van der Waals surface area (Å²) in [6.45, 7) is 3.72. The molecule has 0 aliphatic carbocycles. The Balaban J connectivity index is 2.43. The van der Waals surface area contributed by atoms with Crippen molar-refractivity contribution < 1.29 is 18.7 Å². The van der Waals surface area contributed by atoms with Gasteiger partial charge >= 0.3 is 0 Å². The number of benzene rings is 1. The lowest BCUT2D eigenvalue weighted by Crippen LogP contribution is -2.08. The number of aliphatic hydroxyl groups excluding tert-OH is 1. The normalized spacial score (nSPS) is 13.0. The molecule has 116 valence electrons. The molecular formula is C16H16F2N2O2. The van der Waals surface area contributed by atoms with Crippen LogP contribution < -0.4 is 0 Å². The number of nitrogens with zero attached hydrogens (tertiary/aromatic N) is 2. The zero-order valence-electron chi connectivity index (χ0n) is 12.3. The molecule has 0 aliphatic heterocycles. The minimum absolute atomic E-state index is 0.290. The van der Waals surface area contributed by atoms with E-state index >= 15 is 0 Å². The van der Waals surface area contributed by atoms with E-state index in [4.69, 9.17) is 4.84 Å². The minimum Gasteiger partial charge on any atom is -0.396 e. The van der Waals surface area contributed by atoms with Crippen LogP contribution in [0.15, 0.2) is 41.7 Å². The van der Waals surface area contributed by atoms with Gasteiger partial charge in [0.2, 0.25) is 0 Å². The summed E-state index contributed by atoms with van der Waals surface area (Å²) >= 11 is 0. The maximum absolute atomic E-state index is 13.4. The van der Waals surface area contributed by atoms with E-state index in [9.17, 15) is 13.9 Å². The second kappa shape index (κ2) is 7.09. The van der Waals surface area contributed by atoms with Gasteiger partial charge in [-0.15, -0.1) is 0 Å². The quantitative estimate of drug-likeness (QED) is 0.682. The van der Waals surface area contributed by atoms with Crippen molar-refractivity contribution in [3.8, 4) is 0 Å². The summed E-state index contributed by atoms with van der Waals surface area (Å²) in [6, 6.07) is 6.80. The monoisotopic (exact) mass is 306 g/mol. The van der Waals surface area contributed by atoms with E-state index in [1.54, 1.807) is 26.0 Å². The number of halogens is 2. The lowest BCUT2D eigenvalue weighted by molar-refractivity contribution is 0.159. The first-order valence-corrected chi connectivity index (χ1v) is 6.82. The van der Waals surface area contributed by atoms with Gasteiger partial charge in [-0.25, -0.2) is 8.78 Å². The van der Waals surface area contributed by atoms with Gasteiger partial charge < -0.3 is 9.94 Å². The Hall–Kier alpha value is -2.34. The van der Waals surface area contributed by atoms with Crippen molar-refractivity contribution in [2.24, 2.45) is 5.16 Å². The third-order valence-corrected chi connectivity index (χ3v) is 2.99. The lowest BCUT2D eigenvalue weighted by Gasteiger charge is -2.09. The summed E-state index contributed by atoms with van der Waals surface area (Å²) in [5.41, 5.74) is 1.72. The molecule has 0 saturated carbocycles. The van der Waals surface area contributed by atoms with Gasteiger partial charge in [-0.2, -0.15) is 0 Å². The molecule has 22 heavy (non-hydrogen) atoms. The molecule has 0 bridgehead atoms. The third-order valence-electron chi connectivity index (χ3n) is 2.99. The van der Waals surface area contributed by atoms with Crippen molar-refractivity contribution in [3.63, 3.8) is 0 Å². The van der Waals surface area contributed by atoms with Crippen molar-refractivity contribution in [1.29, 1.82) is 0 Å². The Kier molecular flexibility index (Phi) is 5.16. The Morgan fingerprint density at radius 2 is 2.05 bits per heavy atom. The molecule has 2 aromatic rings. The maximum atomic E-state index is 13.4. The fourth-order valence-electron chi connectivity index (χ4n) is 1.81. The summed E-state index contributed by atoms with van der Waals surface area (Å²) < 4.78 is 26.5. The van der Waals surface area contributed by atoms with Crippen LogP contribution in [0.4, 0.5) is 8.78 Å². The van der Waals surface area contributed by atoms with E-state index in [0.29, 0.717) is 23.4 Å². The predicted octanol–water partition coefficient (Wildman–Crippen LogP) is 3.20. The van der Waals surface area contributed by atoms with Crippen LogP contribution in [0.3, 0.4) is 0 Å². The molecule has 0 spiro atoms. The largest absolute Gasteiger partial charge is 0.396 e. The molecule has 0 saturated heterocycles. The van der Waals surface area contributed by atoms with Crippen LogP contribution in [0.2, 0.25) is 0 Å². The maximum Gasteiger partial charge on any atom is 0.159 e. The molecular weight excluding hydrogens is 290 g/mol. The van der Waals surface area contributed by atoms with Crippen molar-refractivity contribution in [1.82, 2.24) is 4.98 Å². The first-order chi connectivity index (χ1) is 10.5. The van der Waals surface area contributed by atoms with Crippen molar-refractivity contribution in [3.05, 3.63) is 65.0 Å². The van der Waals surface area contributed by atoms with E-state index < -0.39 is 17.7 Å². The molecule has 1 unspecified atom stereocenters. The summed E-state index contributed by atoms with van der Waals surface area (Å²) in [7, 11) is 0. The molecule has 1 N–H and O–H groups in total. The number of hydrogen-bond acceptors (Lipinski definition) is 4. The Morgan fingerprint density at radius 1 is 1.27 bits per heavy atom. The van der Waals surface area contributed by atoms with Gasteiger partial charge in [0.05, 0.1) is 11.8 Å². The molecule has 4 nitrogen and oxygen atoms in total. The number of hydrogen-bond donors (Lipinski definition) is 1. The predicted molar refractivity (Wildman–Crippen MR) is 78.5 cm³/mol. The molecule has 0 aliphatic rings. The Labute approximate surface area is 127 Å². The highest BCUT2D eigenvalue weighted by Crippen LogP contribution is 2.16. The van der Waals surface area contributed by atoms with Gasteiger partial charge in [0, 0.05) is 11.8 Å². The van der Waals surface area contributed by atoms with E-state index in [2.05, 4.69) is 10.1 Å². The number of aliphatic hydroxyl groups is 1. The first kappa shape index (κ1) is 16.0. The van der Waals surface area contributed by atoms with E-state index in [1.165, 1.54) is 12.3 Å². The molecule has 6 heteroatoms. The zero-order valence-corrected chi connectivity index (χ0v) is 12.3. The van der Waals surface area contributed by atoms with Crippen LogP contribution in [-0.4, -0.2) is 22.4 Å². The summed E-state index contributed by atoms with van der Waals surface area (Å²) in [4.78, 5) is 9.23. The van der Waals surface area contributed by atoms with Crippen LogP contribution in [0, 0.1) is 11.6 Å². The van der Waals surface area contributed by atoms with Crippen LogP contribution in [0.25, 0.3) is 0 Å². The fourth-order valence-corrected chi connectivity index (χ4v) is 1.81. The number of aromatic nitrogens is 1. The highest BCUT2D eigenvalue weighted by Gasteiger charge is 2.13. The van der Waals surface area contributed by atoms with Crippen molar-refractivity contribution >= 4 is 5.71 Å². The standard InChI is InChI=1S/C16H16F2N2O2/c1-3-22-20-16(11-4-6-13(17)14(18)8-11)15-7-5-12(9-19-15)10(2)21/h4-10,21H,3H2,1-2H3/b20-16+. The fraction of sp³-hybridized carbons (Fsp3) is 0.250. The molecule has 0 amide bonds. The number of pyridine rings is 1. The topological polar surface area (TPSA) is 54.7 Å². The molecule has 0 fully saturated rings. The average Bonchev–Trinajstić information content (AvgIpc) is 2.51. The molecule has 1 aromatic heterocycles. The molecule has 1 atom stereocenters. The van der Waals surface area contributed by atoms with Gasteiger partial charge in [0.1, 0.15) is 12.3 Å². The van der Waals surface area contributed by atoms with Gasteiger partial charge in [0.15, 0.2) is 11.6 Å². The third kappa shape index (κ3) is 3.65. The second-order valence-corrected chi connectivity index (χ2v) is 4.64. The first-order valence-electron chi connectivity index (χ1n) is 6.82. The smallest absolute Gasteiger partial charge is 0.159 e. The molecule has 0 radical (unpaired) electrons. The Morgan fingerprint density at radius 3 is 2.59 bits per heavy atom. The van der Waals surface area contributed by atoms with Gasteiger partial charge in [-0.1, -0.05) is 11.2 Å². The number of oxime groups is 1. The second-order valence-electron chi connectivity index (χ2n) is 4.64. The van der Waals surface area contributed by atoms with E-state index in [1.807, 2.05) is 0 Å². The lowest BCUT2D eigenvalue weighted by atomic mass is 10.1. The van der Waals surface area contributed by atoms with Gasteiger partial charge in [0.25, 0.3) is 0 Å². The van der Waals surface area contributed by atoms with Crippen molar-refractivity contribution in [2.75, 3.05) is 6.61 Å². The highest BCUT2D eigenvalue weighted by atomic mass is 19.2. The summed E-state index contributed by atoms with van der Waals surface area (Å²) in [5, 5.41) is 13.4. The van der Waals surface area contributed by atoms with Gasteiger partial charge in [-0.05, 0) is 43.7 Å². The van der Waals surface area contributed by atoms with Crippen LogP contribution in [0.5, 0.6) is 0 Å². The average molecular weight is 306 g/mol.